The lowest BCUT2D eigenvalue weighted by atomic mass is 9.90. The number of rotatable bonds is 3. The van der Waals surface area contributed by atoms with Crippen molar-refractivity contribution in [1.29, 1.82) is 0 Å². The topological polar surface area (TPSA) is 25.8 Å². The normalized spacial score (nSPS) is 11.6. The lowest BCUT2D eigenvalue weighted by Crippen LogP contribution is -1.89. The molecular formula is C42H26N2. The third-order valence-electron chi connectivity index (χ3n) is 8.85. The molecule has 0 radical (unpaired) electrons. The maximum atomic E-state index is 5.08. The van der Waals surface area contributed by atoms with Gasteiger partial charge >= 0.3 is 0 Å². The van der Waals surface area contributed by atoms with Gasteiger partial charge in [-0.05, 0) is 91.0 Å². The molecule has 9 aromatic rings. The van der Waals surface area contributed by atoms with Crippen LogP contribution in [-0.4, -0.2) is 9.97 Å². The van der Waals surface area contributed by atoms with E-state index in [1.807, 2.05) is 12.3 Å². The minimum Gasteiger partial charge on any atom is -0.254 e. The Morgan fingerprint density at radius 2 is 0.909 bits per heavy atom. The first kappa shape index (κ1) is 24.7. The Kier molecular flexibility index (Phi) is 5.54. The Morgan fingerprint density at radius 3 is 1.66 bits per heavy atom. The Bertz CT molecular complexity index is 2550. The van der Waals surface area contributed by atoms with E-state index in [1.54, 1.807) is 0 Å². The van der Waals surface area contributed by atoms with Crippen LogP contribution in [0.15, 0.2) is 158 Å². The van der Waals surface area contributed by atoms with Gasteiger partial charge < -0.3 is 0 Å². The molecule has 0 aliphatic rings. The predicted molar refractivity (Wildman–Crippen MR) is 186 cm³/mol. The summed E-state index contributed by atoms with van der Waals surface area (Å²) in [6.07, 6.45) is 1.84. The van der Waals surface area contributed by atoms with E-state index < -0.39 is 0 Å². The Balaban J connectivity index is 1.16. The van der Waals surface area contributed by atoms with Crippen molar-refractivity contribution in [2.24, 2.45) is 0 Å². The summed E-state index contributed by atoms with van der Waals surface area (Å²) in [5, 5.41) is 9.64. The summed E-state index contributed by atoms with van der Waals surface area (Å²) in [6.45, 7) is 0. The summed E-state index contributed by atoms with van der Waals surface area (Å²) in [5.41, 5.74) is 8.89. The van der Waals surface area contributed by atoms with Crippen LogP contribution in [0.5, 0.6) is 0 Å². The van der Waals surface area contributed by atoms with E-state index in [0.717, 1.165) is 33.1 Å². The molecule has 0 saturated heterocycles. The minimum absolute atomic E-state index is 0.940. The molecular weight excluding hydrogens is 532 g/mol. The number of benzene rings is 7. The molecule has 0 amide bonds. The van der Waals surface area contributed by atoms with E-state index in [9.17, 15) is 0 Å². The van der Waals surface area contributed by atoms with E-state index in [0.29, 0.717) is 0 Å². The molecule has 0 atom stereocenters. The maximum absolute atomic E-state index is 5.08. The van der Waals surface area contributed by atoms with E-state index in [4.69, 9.17) is 4.98 Å². The molecule has 0 fully saturated rings. The van der Waals surface area contributed by atoms with Gasteiger partial charge in [-0.1, -0.05) is 115 Å². The lowest BCUT2D eigenvalue weighted by Gasteiger charge is -2.14. The summed E-state index contributed by atoms with van der Waals surface area (Å²) in [6, 6.07) is 54.6. The van der Waals surface area contributed by atoms with Gasteiger partial charge in [0.2, 0.25) is 0 Å². The first-order valence-corrected chi connectivity index (χ1v) is 15.0. The van der Waals surface area contributed by atoms with Gasteiger partial charge in [0.25, 0.3) is 0 Å². The van der Waals surface area contributed by atoms with Crippen molar-refractivity contribution in [2.45, 2.75) is 0 Å². The molecule has 0 N–H and O–H groups in total. The van der Waals surface area contributed by atoms with Crippen LogP contribution in [0.1, 0.15) is 0 Å². The summed E-state index contributed by atoms with van der Waals surface area (Å²) >= 11 is 0. The van der Waals surface area contributed by atoms with Crippen molar-refractivity contribution >= 4 is 54.1 Å². The average molecular weight is 559 g/mol. The van der Waals surface area contributed by atoms with Gasteiger partial charge in [0, 0.05) is 22.5 Å². The lowest BCUT2D eigenvalue weighted by molar-refractivity contribution is 1.37. The van der Waals surface area contributed by atoms with Crippen molar-refractivity contribution in [3.63, 3.8) is 0 Å². The molecule has 0 spiro atoms. The summed E-state index contributed by atoms with van der Waals surface area (Å²) in [4.78, 5) is 9.71. The second-order valence-electron chi connectivity index (χ2n) is 11.5. The fourth-order valence-corrected chi connectivity index (χ4v) is 6.62. The van der Waals surface area contributed by atoms with Crippen molar-refractivity contribution in [2.75, 3.05) is 0 Å². The zero-order chi connectivity index (χ0) is 29.0. The molecule has 2 heterocycles. The molecule has 204 valence electrons. The van der Waals surface area contributed by atoms with Crippen molar-refractivity contribution in [3.05, 3.63) is 158 Å². The molecule has 7 aromatic carbocycles. The predicted octanol–water partition coefficient (Wildman–Crippen LogP) is 11.2. The molecule has 0 aliphatic carbocycles. The molecule has 0 bridgehead atoms. The maximum Gasteiger partial charge on any atom is 0.0972 e. The van der Waals surface area contributed by atoms with Crippen molar-refractivity contribution in [1.82, 2.24) is 9.97 Å². The van der Waals surface area contributed by atoms with Crippen LogP contribution in [0.4, 0.5) is 0 Å². The van der Waals surface area contributed by atoms with Crippen molar-refractivity contribution < 1.29 is 0 Å². The number of fused-ring (bicyclic) bond motifs is 7. The summed E-state index contributed by atoms with van der Waals surface area (Å²) in [5.74, 6) is 0. The number of aromatic nitrogens is 2. The largest absolute Gasteiger partial charge is 0.254 e. The van der Waals surface area contributed by atoms with E-state index >= 15 is 0 Å². The van der Waals surface area contributed by atoms with Crippen LogP contribution in [-0.2, 0) is 0 Å². The third-order valence-corrected chi connectivity index (χ3v) is 8.85. The van der Waals surface area contributed by atoms with E-state index in [1.165, 1.54) is 54.6 Å². The first-order valence-electron chi connectivity index (χ1n) is 15.0. The summed E-state index contributed by atoms with van der Waals surface area (Å²) in [7, 11) is 0. The van der Waals surface area contributed by atoms with E-state index in [-0.39, 0.29) is 0 Å². The SMILES string of the molecule is c1ccc(-c2cc3ccccc3cc2-c2ccc3c(ccc4cc(-c5ccc6ccc7cccnc7c6n5)ccc43)c2)cc1. The number of pyridine rings is 2. The van der Waals surface area contributed by atoms with Gasteiger partial charge in [-0.25, -0.2) is 4.98 Å². The minimum atomic E-state index is 0.940. The van der Waals surface area contributed by atoms with Crippen LogP contribution in [0.25, 0.3) is 87.6 Å². The number of nitrogens with zero attached hydrogens (tertiary/aromatic N) is 2. The van der Waals surface area contributed by atoms with Crippen LogP contribution < -0.4 is 0 Å². The molecule has 9 rings (SSSR count). The smallest absolute Gasteiger partial charge is 0.0972 e. The fraction of sp³-hybridized carbons (Fsp3) is 0. The zero-order valence-electron chi connectivity index (χ0n) is 23.9. The molecule has 0 saturated carbocycles. The second-order valence-corrected chi connectivity index (χ2v) is 11.5. The number of hydrogen-bond donors (Lipinski definition) is 0. The quantitative estimate of drug-likeness (QED) is 0.202. The molecule has 0 aliphatic heterocycles. The first-order chi connectivity index (χ1) is 21.8. The van der Waals surface area contributed by atoms with Crippen LogP contribution in [0.3, 0.4) is 0 Å². The zero-order valence-corrected chi connectivity index (χ0v) is 23.9. The fourth-order valence-electron chi connectivity index (χ4n) is 6.62. The molecule has 44 heavy (non-hydrogen) atoms. The second kappa shape index (κ2) is 9.86. The van der Waals surface area contributed by atoms with Gasteiger partial charge in [-0.15, -0.1) is 0 Å². The average Bonchev–Trinajstić information content (AvgIpc) is 3.10. The highest BCUT2D eigenvalue weighted by atomic mass is 14.7. The highest BCUT2D eigenvalue weighted by Gasteiger charge is 2.12. The highest BCUT2D eigenvalue weighted by molar-refractivity contribution is 6.10. The monoisotopic (exact) mass is 558 g/mol. The highest BCUT2D eigenvalue weighted by Crippen LogP contribution is 2.38. The van der Waals surface area contributed by atoms with E-state index in [2.05, 4.69) is 151 Å². The Morgan fingerprint density at radius 1 is 0.341 bits per heavy atom. The van der Waals surface area contributed by atoms with Gasteiger partial charge in [0.1, 0.15) is 0 Å². The molecule has 0 unspecified atom stereocenters. The Labute approximate surface area is 254 Å². The molecule has 2 nitrogen and oxygen atoms in total. The van der Waals surface area contributed by atoms with Crippen LogP contribution >= 0.6 is 0 Å². The molecule has 2 heteroatoms. The Hall–Kier alpha value is -5.86. The van der Waals surface area contributed by atoms with Gasteiger partial charge in [0.15, 0.2) is 0 Å². The molecule has 2 aromatic heterocycles. The van der Waals surface area contributed by atoms with Crippen LogP contribution in [0, 0.1) is 0 Å². The van der Waals surface area contributed by atoms with Gasteiger partial charge in [-0.3, -0.25) is 4.98 Å². The van der Waals surface area contributed by atoms with Gasteiger partial charge in [-0.2, -0.15) is 0 Å². The van der Waals surface area contributed by atoms with Crippen molar-refractivity contribution in [3.8, 4) is 33.5 Å². The third kappa shape index (κ3) is 4.04. The van der Waals surface area contributed by atoms with Crippen LogP contribution in [0.2, 0.25) is 0 Å². The number of hydrogen-bond acceptors (Lipinski definition) is 2. The van der Waals surface area contributed by atoms with Gasteiger partial charge in [0.05, 0.1) is 16.7 Å². The summed E-state index contributed by atoms with van der Waals surface area (Å²) < 4.78 is 0. The standard InChI is InChI=1S/C42H26N2/c1-2-7-27(8-3-1)38-25-30-9-4-5-10-31(30)26-39(38)34-16-19-36-32(23-34)14-15-33-24-35(17-20-37(33)36)40-21-18-29-13-12-28-11-6-22-43-41(28)42(29)44-40/h1-26H.